The smallest absolute Gasteiger partial charge is 0.358 e. The second-order valence-corrected chi connectivity index (χ2v) is 3.17. The van der Waals surface area contributed by atoms with E-state index in [1.54, 1.807) is 0 Å². The summed E-state index contributed by atoms with van der Waals surface area (Å²) in [5.41, 5.74) is 0.275. The van der Waals surface area contributed by atoms with E-state index in [-0.39, 0.29) is 11.4 Å². The van der Waals surface area contributed by atoms with Crippen molar-refractivity contribution in [1.29, 1.82) is 0 Å². The molecule has 0 saturated heterocycles. The lowest BCUT2D eigenvalue weighted by molar-refractivity contribution is 0.0690. The summed E-state index contributed by atoms with van der Waals surface area (Å²) in [6, 6.07) is 4.05. The predicted octanol–water partition coefficient (Wildman–Crippen LogP) is 1.11. The molecule has 0 bridgehead atoms. The third-order valence-corrected chi connectivity index (χ3v) is 2.11. The van der Waals surface area contributed by atoms with Gasteiger partial charge in [-0.2, -0.15) is 0 Å². The van der Waals surface area contributed by atoms with E-state index >= 15 is 0 Å². The summed E-state index contributed by atoms with van der Waals surface area (Å²) in [5.74, 6) is -1.63. The van der Waals surface area contributed by atoms with Crippen molar-refractivity contribution >= 4 is 5.97 Å². The Morgan fingerprint density at radius 3 is 2.88 bits per heavy atom. The van der Waals surface area contributed by atoms with Gasteiger partial charge in [-0.3, -0.25) is 0 Å². The molecule has 17 heavy (non-hydrogen) atoms. The zero-order chi connectivity index (χ0) is 12.4. The number of aromatic nitrogens is 3. The Labute approximate surface area is 95.2 Å². The number of benzene rings is 1. The molecule has 0 aliphatic carbocycles. The van der Waals surface area contributed by atoms with Crippen molar-refractivity contribution in [3.8, 4) is 11.4 Å². The highest BCUT2D eigenvalue weighted by Crippen LogP contribution is 2.20. The Balaban J connectivity index is 2.42. The summed E-state index contributed by atoms with van der Waals surface area (Å²) in [5, 5.41) is 15.8. The van der Waals surface area contributed by atoms with Gasteiger partial charge in [-0.15, -0.1) is 5.10 Å². The molecule has 6 nitrogen and oxygen atoms in total. The molecule has 88 valence electrons. The van der Waals surface area contributed by atoms with Crippen LogP contribution in [-0.2, 0) is 0 Å². The lowest BCUT2D eigenvalue weighted by Crippen LogP contribution is -1.97. The van der Waals surface area contributed by atoms with Gasteiger partial charge in [0.15, 0.2) is 17.3 Å². The van der Waals surface area contributed by atoms with E-state index in [2.05, 4.69) is 10.3 Å². The predicted molar refractivity (Wildman–Crippen MR) is 54.8 cm³/mol. The standard InChI is InChI=1S/C10H8FN3O3/c1-17-9-4-6(2-3-7(9)11)14-5-8(10(15)16)12-13-14/h2-5H,1H3,(H,15,16). The molecular formula is C10H8FN3O3. The molecule has 0 saturated carbocycles. The number of rotatable bonds is 3. The summed E-state index contributed by atoms with van der Waals surface area (Å²) in [6.45, 7) is 0. The first kappa shape index (κ1) is 11.1. The minimum absolute atomic E-state index is 0.0508. The number of carboxylic acid groups (broad SMARTS) is 1. The van der Waals surface area contributed by atoms with Crippen LogP contribution < -0.4 is 4.74 Å². The van der Waals surface area contributed by atoms with Gasteiger partial charge in [-0.05, 0) is 12.1 Å². The Morgan fingerprint density at radius 1 is 1.53 bits per heavy atom. The molecule has 0 aliphatic heterocycles. The summed E-state index contributed by atoms with van der Waals surface area (Å²) in [4.78, 5) is 10.6. The Kier molecular flexibility index (Phi) is 2.73. The second kappa shape index (κ2) is 4.20. The third kappa shape index (κ3) is 2.07. The van der Waals surface area contributed by atoms with Gasteiger partial charge in [0.1, 0.15) is 0 Å². The molecule has 2 aromatic rings. The molecular weight excluding hydrogens is 229 g/mol. The molecule has 0 aliphatic rings. The Morgan fingerprint density at radius 2 is 2.29 bits per heavy atom. The summed E-state index contributed by atoms with van der Waals surface area (Å²) in [6.07, 6.45) is 1.23. The van der Waals surface area contributed by atoms with Crippen molar-refractivity contribution in [2.24, 2.45) is 0 Å². The second-order valence-electron chi connectivity index (χ2n) is 3.17. The average Bonchev–Trinajstić information content (AvgIpc) is 2.79. The number of hydrogen-bond acceptors (Lipinski definition) is 4. The molecule has 0 radical (unpaired) electrons. The number of carbonyl (C=O) groups is 1. The van der Waals surface area contributed by atoms with Crippen molar-refractivity contribution in [3.05, 3.63) is 35.9 Å². The lowest BCUT2D eigenvalue weighted by Gasteiger charge is -2.04. The van der Waals surface area contributed by atoms with E-state index in [9.17, 15) is 9.18 Å². The van der Waals surface area contributed by atoms with E-state index in [1.807, 2.05) is 0 Å². The molecule has 1 aromatic heterocycles. The summed E-state index contributed by atoms with van der Waals surface area (Å²) < 4.78 is 19.2. The molecule has 0 amide bonds. The average molecular weight is 237 g/mol. The maximum absolute atomic E-state index is 13.2. The topological polar surface area (TPSA) is 77.2 Å². The van der Waals surface area contributed by atoms with Crippen LogP contribution in [0.3, 0.4) is 0 Å². The van der Waals surface area contributed by atoms with E-state index in [0.717, 1.165) is 0 Å². The first-order valence-electron chi connectivity index (χ1n) is 4.61. The van der Waals surface area contributed by atoms with E-state index in [0.29, 0.717) is 5.69 Å². The van der Waals surface area contributed by atoms with Crippen LogP contribution in [-0.4, -0.2) is 33.2 Å². The van der Waals surface area contributed by atoms with Crippen LogP contribution in [0.4, 0.5) is 4.39 Å². The van der Waals surface area contributed by atoms with Gasteiger partial charge < -0.3 is 9.84 Å². The molecule has 1 heterocycles. The van der Waals surface area contributed by atoms with Crippen LogP contribution in [0.2, 0.25) is 0 Å². The van der Waals surface area contributed by atoms with E-state index in [4.69, 9.17) is 9.84 Å². The quantitative estimate of drug-likeness (QED) is 0.865. The van der Waals surface area contributed by atoms with Gasteiger partial charge in [0, 0.05) is 6.07 Å². The number of aromatic carboxylic acids is 1. The monoisotopic (exact) mass is 237 g/mol. The van der Waals surface area contributed by atoms with Gasteiger partial charge in [-0.1, -0.05) is 5.21 Å². The molecule has 7 heteroatoms. The van der Waals surface area contributed by atoms with E-state index < -0.39 is 11.8 Å². The van der Waals surface area contributed by atoms with Crippen LogP contribution in [0.5, 0.6) is 5.75 Å². The van der Waals surface area contributed by atoms with Crippen molar-refractivity contribution < 1.29 is 19.0 Å². The highest BCUT2D eigenvalue weighted by Gasteiger charge is 2.11. The minimum Gasteiger partial charge on any atom is -0.494 e. The Bertz CT molecular complexity index is 568. The van der Waals surface area contributed by atoms with Gasteiger partial charge in [0.2, 0.25) is 0 Å². The molecule has 0 fully saturated rings. The zero-order valence-corrected chi connectivity index (χ0v) is 8.79. The van der Waals surface area contributed by atoms with Gasteiger partial charge in [0.25, 0.3) is 0 Å². The van der Waals surface area contributed by atoms with Gasteiger partial charge >= 0.3 is 5.97 Å². The summed E-state index contributed by atoms with van der Waals surface area (Å²) >= 11 is 0. The zero-order valence-electron chi connectivity index (χ0n) is 8.79. The lowest BCUT2D eigenvalue weighted by atomic mass is 10.3. The maximum Gasteiger partial charge on any atom is 0.358 e. The maximum atomic E-state index is 13.2. The molecule has 2 rings (SSSR count). The SMILES string of the molecule is COc1cc(-n2cc(C(=O)O)nn2)ccc1F. The molecule has 1 aromatic carbocycles. The minimum atomic E-state index is -1.18. The Hall–Kier alpha value is -2.44. The fraction of sp³-hybridized carbons (Fsp3) is 0.100. The largest absolute Gasteiger partial charge is 0.494 e. The van der Waals surface area contributed by atoms with Crippen LogP contribution in [0.25, 0.3) is 5.69 Å². The van der Waals surface area contributed by atoms with Crippen LogP contribution in [0, 0.1) is 5.82 Å². The fourth-order valence-corrected chi connectivity index (χ4v) is 1.28. The van der Waals surface area contributed by atoms with Crippen molar-refractivity contribution in [3.63, 3.8) is 0 Å². The van der Waals surface area contributed by atoms with Crippen LogP contribution >= 0.6 is 0 Å². The van der Waals surface area contributed by atoms with Crippen molar-refractivity contribution in [1.82, 2.24) is 15.0 Å². The fourth-order valence-electron chi connectivity index (χ4n) is 1.28. The highest BCUT2D eigenvalue weighted by molar-refractivity contribution is 5.84. The normalized spacial score (nSPS) is 10.2. The molecule has 0 spiro atoms. The van der Waals surface area contributed by atoms with Gasteiger partial charge in [0.05, 0.1) is 19.0 Å². The van der Waals surface area contributed by atoms with Crippen LogP contribution in [0.1, 0.15) is 10.5 Å². The number of carboxylic acids is 1. The summed E-state index contributed by atoms with van der Waals surface area (Å²) in [7, 11) is 1.34. The first-order chi connectivity index (χ1) is 8.11. The first-order valence-corrected chi connectivity index (χ1v) is 4.61. The third-order valence-electron chi connectivity index (χ3n) is 2.11. The molecule has 1 N–H and O–H groups in total. The van der Waals surface area contributed by atoms with Crippen molar-refractivity contribution in [2.45, 2.75) is 0 Å². The number of hydrogen-bond donors (Lipinski definition) is 1. The van der Waals surface area contributed by atoms with E-state index in [1.165, 1.54) is 36.2 Å². The van der Waals surface area contributed by atoms with Gasteiger partial charge in [-0.25, -0.2) is 13.9 Å². The number of ether oxygens (including phenoxy) is 1. The van der Waals surface area contributed by atoms with Crippen molar-refractivity contribution in [2.75, 3.05) is 7.11 Å². The molecule has 0 atom stereocenters. The number of nitrogens with zero attached hydrogens (tertiary/aromatic N) is 3. The highest BCUT2D eigenvalue weighted by atomic mass is 19.1. The van der Waals surface area contributed by atoms with Crippen LogP contribution in [0.15, 0.2) is 24.4 Å². The number of methoxy groups -OCH3 is 1. The molecule has 0 unspecified atom stereocenters. The number of halogens is 1.